The summed E-state index contributed by atoms with van der Waals surface area (Å²) in [6.45, 7) is 3.35. The molecule has 0 radical (unpaired) electrons. The fourth-order valence-electron chi connectivity index (χ4n) is 2.43. The highest BCUT2D eigenvalue weighted by Crippen LogP contribution is 2.31. The molecule has 1 aromatic rings. The molecule has 0 fully saturated rings. The molecule has 0 aliphatic carbocycles. The summed E-state index contributed by atoms with van der Waals surface area (Å²) in [5.74, 6) is 3.37. The Kier molecular flexibility index (Phi) is 9.89. The van der Waals surface area contributed by atoms with Crippen LogP contribution in [0.3, 0.4) is 0 Å². The van der Waals surface area contributed by atoms with E-state index in [1.165, 1.54) is 13.2 Å². The van der Waals surface area contributed by atoms with Crippen LogP contribution in [0, 0.1) is 17.3 Å². The maximum absolute atomic E-state index is 12.7. The summed E-state index contributed by atoms with van der Waals surface area (Å²) in [7, 11) is 1.21. The lowest BCUT2D eigenvalue weighted by atomic mass is 9.80. The molecular weight excluding hydrogens is 376 g/mol. The van der Waals surface area contributed by atoms with Crippen LogP contribution in [0.4, 0.5) is 0 Å². The lowest BCUT2D eigenvalue weighted by Gasteiger charge is -2.26. The second-order valence-corrected chi connectivity index (χ2v) is 5.84. The molecule has 0 atom stereocenters. The van der Waals surface area contributed by atoms with Crippen molar-refractivity contribution in [1.82, 2.24) is 0 Å². The standard InChI is InChI=1S/C22H24O7/c1-4-28-20(25)22(21(26)29-5-2,15-9-13-19(24)27-3)14-8-12-17-10-6-7-11-18(17)16-23/h6-7,9-11,13,16H,4-5,14-15H2,1-3H3/b13-9+. The third kappa shape index (κ3) is 6.61. The van der Waals surface area contributed by atoms with E-state index in [9.17, 15) is 19.2 Å². The van der Waals surface area contributed by atoms with Gasteiger partial charge in [-0.25, -0.2) is 4.79 Å². The first kappa shape index (κ1) is 23.6. The van der Waals surface area contributed by atoms with Gasteiger partial charge >= 0.3 is 17.9 Å². The number of aldehydes is 1. The molecule has 1 aromatic carbocycles. The van der Waals surface area contributed by atoms with E-state index in [1.54, 1.807) is 38.1 Å². The van der Waals surface area contributed by atoms with E-state index in [4.69, 9.17) is 9.47 Å². The van der Waals surface area contributed by atoms with E-state index < -0.39 is 23.3 Å². The fraction of sp³-hybridized carbons (Fsp3) is 0.364. The molecule has 0 bridgehead atoms. The molecule has 7 heteroatoms. The lowest BCUT2D eigenvalue weighted by molar-refractivity contribution is -0.171. The van der Waals surface area contributed by atoms with Crippen LogP contribution < -0.4 is 0 Å². The lowest BCUT2D eigenvalue weighted by Crippen LogP contribution is -2.41. The average molecular weight is 400 g/mol. The minimum atomic E-state index is -1.75. The predicted octanol–water partition coefficient (Wildman–Crippen LogP) is 2.47. The van der Waals surface area contributed by atoms with Crippen molar-refractivity contribution in [3.05, 3.63) is 47.5 Å². The number of carbonyl (C=O) groups is 4. The number of hydrogen-bond donors (Lipinski definition) is 0. The zero-order chi connectivity index (χ0) is 21.7. The summed E-state index contributed by atoms with van der Waals surface area (Å²) >= 11 is 0. The largest absolute Gasteiger partial charge is 0.466 e. The van der Waals surface area contributed by atoms with Crippen LogP contribution in [0.2, 0.25) is 0 Å². The molecule has 0 N–H and O–H groups in total. The zero-order valence-corrected chi connectivity index (χ0v) is 16.7. The molecule has 154 valence electrons. The molecule has 7 nitrogen and oxygen atoms in total. The fourth-order valence-corrected chi connectivity index (χ4v) is 2.43. The first-order chi connectivity index (χ1) is 13.9. The molecule has 29 heavy (non-hydrogen) atoms. The van der Waals surface area contributed by atoms with Crippen molar-refractivity contribution in [3.8, 4) is 11.8 Å². The van der Waals surface area contributed by atoms with Crippen molar-refractivity contribution >= 4 is 24.2 Å². The van der Waals surface area contributed by atoms with E-state index >= 15 is 0 Å². The Morgan fingerprint density at radius 1 is 1.07 bits per heavy atom. The van der Waals surface area contributed by atoms with Gasteiger partial charge in [-0.15, -0.1) is 0 Å². The Balaban J connectivity index is 3.32. The predicted molar refractivity (Wildman–Crippen MR) is 105 cm³/mol. The summed E-state index contributed by atoms with van der Waals surface area (Å²) in [4.78, 5) is 47.9. The number of benzene rings is 1. The van der Waals surface area contributed by atoms with E-state index in [2.05, 4.69) is 16.6 Å². The number of allylic oxidation sites excluding steroid dienone is 1. The van der Waals surface area contributed by atoms with E-state index in [-0.39, 0.29) is 26.1 Å². The number of rotatable bonds is 9. The van der Waals surface area contributed by atoms with Gasteiger partial charge in [-0.05, 0) is 26.3 Å². The van der Waals surface area contributed by atoms with Gasteiger partial charge in [0.2, 0.25) is 0 Å². The van der Waals surface area contributed by atoms with Crippen LogP contribution in [0.15, 0.2) is 36.4 Å². The van der Waals surface area contributed by atoms with Crippen LogP contribution in [0.1, 0.15) is 42.6 Å². The summed E-state index contributed by atoms with van der Waals surface area (Å²) in [6, 6.07) is 6.69. The van der Waals surface area contributed by atoms with Gasteiger partial charge in [0, 0.05) is 23.6 Å². The van der Waals surface area contributed by atoms with Crippen molar-refractivity contribution in [2.75, 3.05) is 20.3 Å². The van der Waals surface area contributed by atoms with Gasteiger partial charge in [-0.1, -0.05) is 36.1 Å². The molecule has 0 spiro atoms. The quantitative estimate of drug-likeness (QED) is 0.157. The normalized spacial score (nSPS) is 10.6. The SMILES string of the molecule is CCOC(=O)C(CC#Cc1ccccc1C=O)(C/C=C/C(=O)OC)C(=O)OCC. The highest BCUT2D eigenvalue weighted by Gasteiger charge is 2.47. The highest BCUT2D eigenvalue weighted by atomic mass is 16.6. The van der Waals surface area contributed by atoms with Gasteiger partial charge in [-0.3, -0.25) is 14.4 Å². The molecule has 0 saturated carbocycles. The third-order valence-electron chi connectivity index (χ3n) is 3.95. The van der Waals surface area contributed by atoms with Gasteiger partial charge in [0.15, 0.2) is 11.7 Å². The molecule has 0 saturated heterocycles. The van der Waals surface area contributed by atoms with Crippen LogP contribution in [0.5, 0.6) is 0 Å². The van der Waals surface area contributed by atoms with Crippen LogP contribution in [-0.4, -0.2) is 44.5 Å². The van der Waals surface area contributed by atoms with Gasteiger partial charge in [0.1, 0.15) is 0 Å². The first-order valence-electron chi connectivity index (χ1n) is 9.07. The number of carbonyl (C=O) groups excluding carboxylic acids is 4. The van der Waals surface area contributed by atoms with Crippen LogP contribution >= 0.6 is 0 Å². The minimum absolute atomic E-state index is 0.0576. The summed E-state index contributed by atoms with van der Waals surface area (Å²) in [5, 5.41) is 0. The van der Waals surface area contributed by atoms with Crippen LogP contribution in [0.25, 0.3) is 0 Å². The van der Waals surface area contributed by atoms with Crippen molar-refractivity contribution in [2.24, 2.45) is 5.41 Å². The Bertz CT molecular complexity index is 809. The summed E-state index contributed by atoms with van der Waals surface area (Å²) in [6.07, 6.45) is 2.75. The molecule has 1 rings (SSSR count). The summed E-state index contributed by atoms with van der Waals surface area (Å²) < 4.78 is 14.7. The Hall–Kier alpha value is -3.40. The molecule has 0 aliphatic rings. The molecule has 0 aromatic heterocycles. The second kappa shape index (κ2) is 12.1. The smallest absolute Gasteiger partial charge is 0.330 e. The number of hydrogen-bond acceptors (Lipinski definition) is 7. The maximum atomic E-state index is 12.7. The molecule has 0 amide bonds. The van der Waals surface area contributed by atoms with Crippen molar-refractivity contribution in [2.45, 2.75) is 26.7 Å². The average Bonchev–Trinajstić information content (AvgIpc) is 2.72. The molecule has 0 unspecified atom stereocenters. The van der Waals surface area contributed by atoms with Crippen LogP contribution in [-0.2, 0) is 28.6 Å². The maximum Gasteiger partial charge on any atom is 0.330 e. The van der Waals surface area contributed by atoms with E-state index in [1.807, 2.05) is 0 Å². The first-order valence-corrected chi connectivity index (χ1v) is 9.07. The Morgan fingerprint density at radius 3 is 2.24 bits per heavy atom. The topological polar surface area (TPSA) is 96.0 Å². The van der Waals surface area contributed by atoms with Gasteiger partial charge in [0.25, 0.3) is 0 Å². The monoisotopic (exact) mass is 400 g/mol. The molecule has 0 aliphatic heterocycles. The minimum Gasteiger partial charge on any atom is -0.466 e. The zero-order valence-electron chi connectivity index (χ0n) is 16.7. The van der Waals surface area contributed by atoms with E-state index in [0.717, 1.165) is 6.08 Å². The van der Waals surface area contributed by atoms with E-state index in [0.29, 0.717) is 17.4 Å². The number of methoxy groups -OCH3 is 1. The Labute approximate surface area is 170 Å². The molecular formula is C22H24O7. The number of ether oxygens (including phenoxy) is 3. The van der Waals surface area contributed by atoms with Crippen molar-refractivity contribution < 1.29 is 33.4 Å². The molecule has 0 heterocycles. The van der Waals surface area contributed by atoms with Gasteiger partial charge in [0.05, 0.1) is 20.3 Å². The summed E-state index contributed by atoms with van der Waals surface area (Å²) in [5.41, 5.74) is -0.891. The van der Waals surface area contributed by atoms with Gasteiger partial charge in [-0.2, -0.15) is 0 Å². The van der Waals surface area contributed by atoms with Gasteiger partial charge < -0.3 is 14.2 Å². The second-order valence-electron chi connectivity index (χ2n) is 5.84. The van der Waals surface area contributed by atoms with Crippen molar-refractivity contribution in [1.29, 1.82) is 0 Å². The van der Waals surface area contributed by atoms with Crippen molar-refractivity contribution in [3.63, 3.8) is 0 Å². The third-order valence-corrected chi connectivity index (χ3v) is 3.95. The highest BCUT2D eigenvalue weighted by molar-refractivity contribution is 6.00. The number of esters is 3. The Morgan fingerprint density at radius 2 is 1.69 bits per heavy atom.